The van der Waals surface area contributed by atoms with Gasteiger partial charge in [-0.2, -0.15) is 5.26 Å². The highest BCUT2D eigenvalue weighted by atomic mass is 35.5. The van der Waals surface area contributed by atoms with Crippen LogP contribution in [0.15, 0.2) is 36.4 Å². The van der Waals surface area contributed by atoms with Gasteiger partial charge in [-0.15, -0.1) is 0 Å². The molecule has 1 N–H and O–H groups in total. The lowest BCUT2D eigenvalue weighted by atomic mass is 10.1. The SMILES string of the molecule is CCOc1cc(CCNC(=O)CC#N)cc(Cl)c1OCc1ccc(C)cc1. The quantitative estimate of drug-likeness (QED) is 0.701. The Bertz CT molecular complexity index is 813. The summed E-state index contributed by atoms with van der Waals surface area (Å²) in [7, 11) is 0. The third-order valence-electron chi connectivity index (χ3n) is 3.85. The summed E-state index contributed by atoms with van der Waals surface area (Å²) < 4.78 is 11.6. The molecular weight excluding hydrogens is 364 g/mol. The molecule has 0 spiro atoms. The number of rotatable bonds is 9. The number of benzene rings is 2. The van der Waals surface area contributed by atoms with Crippen molar-refractivity contribution >= 4 is 17.5 Å². The number of ether oxygens (including phenoxy) is 2. The normalized spacial score (nSPS) is 10.1. The van der Waals surface area contributed by atoms with Crippen LogP contribution < -0.4 is 14.8 Å². The predicted molar refractivity (Wildman–Crippen MR) is 105 cm³/mol. The molecule has 6 heteroatoms. The summed E-state index contributed by atoms with van der Waals surface area (Å²) in [5, 5.41) is 11.7. The van der Waals surface area contributed by atoms with E-state index < -0.39 is 0 Å². The Hall–Kier alpha value is -2.71. The smallest absolute Gasteiger partial charge is 0.234 e. The summed E-state index contributed by atoms with van der Waals surface area (Å²) in [6, 6.07) is 13.6. The fraction of sp³-hybridized carbons (Fsp3) is 0.333. The van der Waals surface area contributed by atoms with Gasteiger partial charge in [-0.1, -0.05) is 41.4 Å². The lowest BCUT2D eigenvalue weighted by Gasteiger charge is -2.15. The summed E-state index contributed by atoms with van der Waals surface area (Å²) in [5.41, 5.74) is 3.16. The molecule has 142 valence electrons. The predicted octanol–water partition coefficient (Wildman–Crippen LogP) is 4.20. The van der Waals surface area contributed by atoms with Gasteiger partial charge in [0.25, 0.3) is 0 Å². The molecule has 2 aromatic rings. The molecule has 5 nitrogen and oxygen atoms in total. The van der Waals surface area contributed by atoms with Crippen molar-refractivity contribution in [3.63, 3.8) is 0 Å². The molecule has 0 radical (unpaired) electrons. The van der Waals surface area contributed by atoms with E-state index in [-0.39, 0.29) is 12.3 Å². The summed E-state index contributed by atoms with van der Waals surface area (Å²) in [6.45, 7) is 5.23. The molecule has 0 heterocycles. The monoisotopic (exact) mass is 386 g/mol. The maximum Gasteiger partial charge on any atom is 0.234 e. The van der Waals surface area contributed by atoms with Gasteiger partial charge in [0.05, 0.1) is 17.7 Å². The molecule has 0 bridgehead atoms. The second-order valence-corrected chi connectivity index (χ2v) is 6.45. The fourth-order valence-corrected chi connectivity index (χ4v) is 2.78. The standard InChI is InChI=1S/C21H23ClN2O3/c1-3-26-19-13-17(9-11-24-20(25)8-10-23)12-18(22)21(19)27-14-16-6-4-15(2)5-7-16/h4-7,12-13H,3,8-9,11,14H2,1-2H3,(H,24,25). The topological polar surface area (TPSA) is 71.3 Å². The number of nitrogens with zero attached hydrogens (tertiary/aromatic N) is 1. The van der Waals surface area contributed by atoms with Crippen LogP contribution in [0.4, 0.5) is 0 Å². The number of halogens is 1. The van der Waals surface area contributed by atoms with Crippen LogP contribution in [0.2, 0.25) is 5.02 Å². The number of carbonyl (C=O) groups excluding carboxylic acids is 1. The summed E-state index contributed by atoms with van der Waals surface area (Å²) in [6.07, 6.45) is 0.436. The first-order chi connectivity index (χ1) is 13.0. The maximum absolute atomic E-state index is 11.4. The van der Waals surface area contributed by atoms with E-state index in [1.807, 2.05) is 56.3 Å². The van der Waals surface area contributed by atoms with Crippen LogP contribution in [0, 0.1) is 18.3 Å². The minimum Gasteiger partial charge on any atom is -0.490 e. The van der Waals surface area contributed by atoms with Gasteiger partial charge >= 0.3 is 0 Å². The second kappa shape index (κ2) is 10.4. The van der Waals surface area contributed by atoms with Crippen molar-refractivity contribution in [1.29, 1.82) is 5.26 Å². The van der Waals surface area contributed by atoms with Gasteiger partial charge in [0.1, 0.15) is 13.0 Å². The van der Waals surface area contributed by atoms with Crippen LogP contribution in [0.25, 0.3) is 0 Å². The second-order valence-electron chi connectivity index (χ2n) is 6.05. The Labute approximate surface area is 164 Å². The Morgan fingerprint density at radius 3 is 2.59 bits per heavy atom. The van der Waals surface area contributed by atoms with E-state index in [1.54, 1.807) is 0 Å². The minimum absolute atomic E-state index is 0.142. The highest BCUT2D eigenvalue weighted by Gasteiger charge is 2.13. The molecule has 2 rings (SSSR count). The van der Waals surface area contributed by atoms with Crippen molar-refractivity contribution in [2.24, 2.45) is 0 Å². The third kappa shape index (κ3) is 6.50. The lowest BCUT2D eigenvalue weighted by molar-refractivity contribution is -0.120. The van der Waals surface area contributed by atoms with Gasteiger partial charge in [-0.25, -0.2) is 0 Å². The maximum atomic E-state index is 11.4. The van der Waals surface area contributed by atoms with Crippen molar-refractivity contribution in [3.8, 4) is 17.6 Å². The molecule has 0 fully saturated rings. The molecule has 0 aliphatic heterocycles. The van der Waals surface area contributed by atoms with Crippen molar-refractivity contribution < 1.29 is 14.3 Å². The molecule has 0 aliphatic rings. The van der Waals surface area contributed by atoms with Gasteiger partial charge < -0.3 is 14.8 Å². The van der Waals surface area contributed by atoms with E-state index in [0.717, 1.165) is 11.1 Å². The summed E-state index contributed by atoms with van der Waals surface area (Å²) in [4.78, 5) is 11.4. The first kappa shape index (κ1) is 20.6. The summed E-state index contributed by atoms with van der Waals surface area (Å²) in [5.74, 6) is 0.804. The molecule has 0 aliphatic carbocycles. The van der Waals surface area contributed by atoms with Crippen LogP contribution in [0.3, 0.4) is 0 Å². The highest BCUT2D eigenvalue weighted by Crippen LogP contribution is 2.37. The Balaban J connectivity index is 2.07. The number of nitrogens with one attached hydrogen (secondary N) is 1. The van der Waals surface area contributed by atoms with Crippen LogP contribution in [0.5, 0.6) is 11.5 Å². The van der Waals surface area contributed by atoms with Crippen molar-refractivity contribution in [1.82, 2.24) is 5.32 Å². The van der Waals surface area contributed by atoms with E-state index in [4.69, 9.17) is 26.3 Å². The minimum atomic E-state index is -0.285. The molecule has 1 amide bonds. The molecule has 0 saturated heterocycles. The van der Waals surface area contributed by atoms with Crippen LogP contribution >= 0.6 is 11.6 Å². The molecule has 0 unspecified atom stereocenters. The van der Waals surface area contributed by atoms with Gasteiger partial charge in [-0.3, -0.25) is 4.79 Å². The zero-order valence-corrected chi connectivity index (χ0v) is 16.3. The number of aryl methyl sites for hydroxylation is 1. The number of carbonyl (C=O) groups is 1. The van der Waals surface area contributed by atoms with E-state index >= 15 is 0 Å². The first-order valence-corrected chi connectivity index (χ1v) is 9.18. The number of nitriles is 1. The molecule has 0 aromatic heterocycles. The average Bonchev–Trinajstić information content (AvgIpc) is 2.63. The van der Waals surface area contributed by atoms with Gasteiger partial charge in [0.2, 0.25) is 5.91 Å². The lowest BCUT2D eigenvalue weighted by Crippen LogP contribution is -2.24. The molecule has 27 heavy (non-hydrogen) atoms. The van der Waals surface area contributed by atoms with Crippen molar-refractivity contribution in [2.45, 2.75) is 33.3 Å². The van der Waals surface area contributed by atoms with Crippen LogP contribution in [0.1, 0.15) is 30.0 Å². The van der Waals surface area contributed by atoms with Gasteiger partial charge in [0.15, 0.2) is 11.5 Å². The number of amides is 1. The van der Waals surface area contributed by atoms with E-state index in [2.05, 4.69) is 5.32 Å². The average molecular weight is 387 g/mol. The number of hydrogen-bond donors (Lipinski definition) is 1. The van der Waals surface area contributed by atoms with E-state index in [0.29, 0.717) is 42.7 Å². The number of hydrogen-bond acceptors (Lipinski definition) is 4. The van der Waals surface area contributed by atoms with Gasteiger partial charge in [-0.05, 0) is 43.5 Å². The molecule has 0 atom stereocenters. The summed E-state index contributed by atoms with van der Waals surface area (Å²) >= 11 is 6.42. The Morgan fingerprint density at radius 2 is 1.93 bits per heavy atom. The Kier molecular flexibility index (Phi) is 7.97. The third-order valence-corrected chi connectivity index (χ3v) is 4.13. The molecule has 2 aromatic carbocycles. The molecular formula is C21H23ClN2O3. The molecule has 0 saturated carbocycles. The van der Waals surface area contributed by atoms with Gasteiger partial charge in [0, 0.05) is 6.54 Å². The fourth-order valence-electron chi connectivity index (χ4n) is 2.49. The van der Waals surface area contributed by atoms with Crippen molar-refractivity contribution in [3.05, 3.63) is 58.1 Å². The van der Waals surface area contributed by atoms with E-state index in [9.17, 15) is 4.79 Å². The zero-order valence-electron chi connectivity index (χ0n) is 15.5. The first-order valence-electron chi connectivity index (χ1n) is 8.80. The zero-order chi connectivity index (χ0) is 19.6. The largest absolute Gasteiger partial charge is 0.490 e. The van der Waals surface area contributed by atoms with Crippen LogP contribution in [-0.2, 0) is 17.8 Å². The highest BCUT2D eigenvalue weighted by molar-refractivity contribution is 6.32. The van der Waals surface area contributed by atoms with Crippen LogP contribution in [-0.4, -0.2) is 19.1 Å². The van der Waals surface area contributed by atoms with Crippen molar-refractivity contribution in [2.75, 3.05) is 13.2 Å². The van der Waals surface area contributed by atoms with E-state index in [1.165, 1.54) is 5.56 Å². The Morgan fingerprint density at radius 1 is 1.19 bits per heavy atom.